The molecule has 33 heavy (non-hydrogen) atoms. The zero-order valence-corrected chi connectivity index (χ0v) is 20.3. The molecule has 0 bridgehead atoms. The number of aryl methyl sites for hydroxylation is 1. The van der Waals surface area contributed by atoms with Crippen LogP contribution in [0.1, 0.15) is 52.9 Å². The second-order valence-electron chi connectivity index (χ2n) is 8.64. The Morgan fingerprint density at radius 3 is 2.18 bits per heavy atom. The van der Waals surface area contributed by atoms with Gasteiger partial charge in [0.25, 0.3) is 0 Å². The Morgan fingerprint density at radius 1 is 1.03 bits per heavy atom. The van der Waals surface area contributed by atoms with Crippen LogP contribution in [-0.2, 0) is 16.1 Å². The number of benzene rings is 1. The van der Waals surface area contributed by atoms with E-state index in [1.807, 2.05) is 18.4 Å². The van der Waals surface area contributed by atoms with Crippen molar-refractivity contribution in [3.05, 3.63) is 53.4 Å². The van der Waals surface area contributed by atoms with Gasteiger partial charge in [-0.05, 0) is 19.9 Å². The Labute approximate surface area is 194 Å². The first-order chi connectivity index (χ1) is 15.4. The maximum atomic E-state index is 12.9. The van der Waals surface area contributed by atoms with Crippen LogP contribution < -0.4 is 14.8 Å². The third-order valence-corrected chi connectivity index (χ3v) is 5.19. The molecule has 1 heterocycles. The van der Waals surface area contributed by atoms with Gasteiger partial charge < -0.3 is 24.1 Å². The number of aromatic nitrogens is 1. The van der Waals surface area contributed by atoms with Crippen LogP contribution in [0, 0.1) is 19.3 Å². The first-order valence-electron chi connectivity index (χ1n) is 10.5. The highest BCUT2D eigenvalue weighted by Gasteiger charge is 2.26. The van der Waals surface area contributed by atoms with Crippen molar-refractivity contribution < 1.29 is 28.6 Å². The lowest BCUT2D eigenvalue weighted by Gasteiger charge is -2.20. The molecule has 1 aromatic carbocycles. The lowest BCUT2D eigenvalue weighted by Crippen LogP contribution is -2.28. The minimum Gasteiger partial charge on any atom is -0.493 e. The summed E-state index contributed by atoms with van der Waals surface area (Å²) >= 11 is 0. The van der Waals surface area contributed by atoms with E-state index >= 15 is 0 Å². The molecule has 8 heteroatoms. The molecule has 178 valence electrons. The molecule has 0 aliphatic rings. The first-order valence-corrected chi connectivity index (χ1v) is 10.5. The maximum Gasteiger partial charge on any atom is 0.340 e. The summed E-state index contributed by atoms with van der Waals surface area (Å²) in [4.78, 5) is 38.2. The van der Waals surface area contributed by atoms with Crippen molar-refractivity contribution in [1.29, 1.82) is 0 Å². The fourth-order valence-electron chi connectivity index (χ4n) is 3.24. The second kappa shape index (κ2) is 10.4. The summed E-state index contributed by atoms with van der Waals surface area (Å²) in [6.45, 7) is 12.8. The predicted molar refractivity (Wildman–Crippen MR) is 126 cm³/mol. The average molecular weight is 457 g/mol. The van der Waals surface area contributed by atoms with E-state index in [0.29, 0.717) is 17.9 Å². The van der Waals surface area contributed by atoms with Gasteiger partial charge in [-0.3, -0.25) is 9.59 Å². The molecular weight excluding hydrogens is 424 g/mol. The molecule has 0 atom stereocenters. The van der Waals surface area contributed by atoms with E-state index < -0.39 is 18.0 Å². The quantitative estimate of drug-likeness (QED) is 0.343. The van der Waals surface area contributed by atoms with Crippen LogP contribution in [-0.4, -0.2) is 43.1 Å². The summed E-state index contributed by atoms with van der Waals surface area (Å²) < 4.78 is 17.8. The number of esters is 1. The number of nitrogens with one attached hydrogen (secondary N) is 1. The summed E-state index contributed by atoms with van der Waals surface area (Å²) in [5.74, 6) is -0.767. The molecule has 0 unspecified atom stereocenters. The average Bonchev–Trinajstić information content (AvgIpc) is 3.04. The van der Waals surface area contributed by atoms with Gasteiger partial charge in [-0.2, -0.15) is 0 Å². The van der Waals surface area contributed by atoms with E-state index in [-0.39, 0.29) is 28.7 Å². The Kier molecular flexibility index (Phi) is 8.08. The van der Waals surface area contributed by atoms with Gasteiger partial charge in [0.15, 0.2) is 18.1 Å². The minimum atomic E-state index is -0.770. The number of hydrogen-bond donors (Lipinski definition) is 1. The molecule has 0 saturated carbocycles. The number of ketones is 1. The highest BCUT2D eigenvalue weighted by Crippen LogP contribution is 2.34. The molecule has 0 aliphatic carbocycles. The van der Waals surface area contributed by atoms with Crippen molar-refractivity contribution in [3.8, 4) is 11.5 Å². The van der Waals surface area contributed by atoms with Crippen LogP contribution in [0.2, 0.25) is 0 Å². The molecule has 0 saturated heterocycles. The van der Waals surface area contributed by atoms with E-state index in [2.05, 4.69) is 11.9 Å². The molecule has 2 rings (SSSR count). The smallest absolute Gasteiger partial charge is 0.340 e. The number of carbonyl (C=O) groups excluding carboxylic acids is 3. The number of Topliss-reactive ketones (excluding diaryl/α,β-unsaturated/α-hetero) is 1. The monoisotopic (exact) mass is 456 g/mol. The number of nitrogens with zero attached hydrogens (tertiary/aromatic N) is 1. The fraction of sp³-hybridized carbons (Fsp3) is 0.400. The SMILES string of the molecule is C=CCn1c(C)cc(C(=O)COC(=O)c2cc(OC)c(OC)cc2NC(=O)C(C)(C)C)c1C. The van der Waals surface area contributed by atoms with Crippen LogP contribution >= 0.6 is 0 Å². The maximum absolute atomic E-state index is 12.9. The third kappa shape index (κ3) is 5.83. The van der Waals surface area contributed by atoms with Crippen LogP contribution in [0.3, 0.4) is 0 Å². The number of hydrogen-bond acceptors (Lipinski definition) is 6. The van der Waals surface area contributed by atoms with Crippen LogP contribution in [0.25, 0.3) is 0 Å². The number of anilines is 1. The lowest BCUT2D eigenvalue weighted by atomic mass is 9.95. The number of rotatable bonds is 9. The number of amides is 1. The zero-order valence-electron chi connectivity index (χ0n) is 20.3. The van der Waals surface area contributed by atoms with Crippen LogP contribution in [0.5, 0.6) is 11.5 Å². The van der Waals surface area contributed by atoms with Crippen LogP contribution in [0.4, 0.5) is 5.69 Å². The molecule has 1 N–H and O–H groups in total. The molecule has 0 aliphatic heterocycles. The third-order valence-electron chi connectivity index (χ3n) is 5.19. The first kappa shape index (κ1) is 25.7. The molecule has 1 amide bonds. The van der Waals surface area contributed by atoms with Gasteiger partial charge in [0.2, 0.25) is 11.7 Å². The largest absolute Gasteiger partial charge is 0.493 e. The van der Waals surface area contributed by atoms with Crippen molar-refractivity contribution in [3.63, 3.8) is 0 Å². The topological polar surface area (TPSA) is 95.9 Å². The molecular formula is C25H32N2O6. The predicted octanol–water partition coefficient (Wildman–Crippen LogP) is 4.33. The lowest BCUT2D eigenvalue weighted by molar-refractivity contribution is -0.123. The molecule has 1 aromatic heterocycles. The van der Waals surface area contributed by atoms with Gasteiger partial charge in [0, 0.05) is 41.0 Å². The highest BCUT2D eigenvalue weighted by atomic mass is 16.5. The summed E-state index contributed by atoms with van der Waals surface area (Å²) in [6.07, 6.45) is 1.75. The van der Waals surface area contributed by atoms with Gasteiger partial charge in [0.05, 0.1) is 25.5 Å². The van der Waals surface area contributed by atoms with Crippen molar-refractivity contribution >= 4 is 23.3 Å². The summed E-state index contributed by atoms with van der Waals surface area (Å²) in [7, 11) is 2.88. The Bertz CT molecular complexity index is 1080. The molecule has 0 spiro atoms. The standard InChI is InChI=1S/C25H32N2O6/c1-9-10-27-15(2)11-17(16(27)3)20(28)14-33-23(29)18-12-21(31-7)22(32-8)13-19(18)26-24(30)25(4,5)6/h9,11-13H,1,10,14H2,2-8H3,(H,26,30). The normalized spacial score (nSPS) is 11.0. The molecule has 0 fully saturated rings. The van der Waals surface area contributed by atoms with Gasteiger partial charge in [-0.15, -0.1) is 6.58 Å². The molecule has 2 aromatic rings. The number of allylic oxidation sites excluding steroid dienone is 1. The Morgan fingerprint density at radius 2 is 1.64 bits per heavy atom. The molecule has 8 nitrogen and oxygen atoms in total. The van der Waals surface area contributed by atoms with E-state index in [4.69, 9.17) is 14.2 Å². The van der Waals surface area contributed by atoms with Gasteiger partial charge >= 0.3 is 5.97 Å². The zero-order chi connectivity index (χ0) is 24.9. The summed E-state index contributed by atoms with van der Waals surface area (Å²) in [5, 5.41) is 2.74. The van der Waals surface area contributed by atoms with Crippen molar-refractivity contribution in [1.82, 2.24) is 4.57 Å². The van der Waals surface area contributed by atoms with Crippen LogP contribution in [0.15, 0.2) is 30.9 Å². The van der Waals surface area contributed by atoms with E-state index in [1.165, 1.54) is 26.4 Å². The number of methoxy groups -OCH3 is 2. The molecule has 0 radical (unpaired) electrons. The van der Waals surface area contributed by atoms with Gasteiger partial charge in [0.1, 0.15) is 0 Å². The fourth-order valence-corrected chi connectivity index (χ4v) is 3.24. The summed E-state index contributed by atoms with van der Waals surface area (Å²) in [5.41, 5.74) is 1.73. The van der Waals surface area contributed by atoms with E-state index in [0.717, 1.165) is 11.4 Å². The summed E-state index contributed by atoms with van der Waals surface area (Å²) in [6, 6.07) is 4.67. The second-order valence-corrected chi connectivity index (χ2v) is 8.64. The number of ether oxygens (including phenoxy) is 3. The Hall–Kier alpha value is -3.55. The van der Waals surface area contributed by atoms with E-state index in [1.54, 1.807) is 32.9 Å². The highest BCUT2D eigenvalue weighted by molar-refractivity contribution is 6.05. The minimum absolute atomic E-state index is 0.0511. The Balaban J connectivity index is 2.31. The number of carbonyl (C=O) groups is 3. The van der Waals surface area contributed by atoms with Gasteiger partial charge in [-0.25, -0.2) is 4.79 Å². The van der Waals surface area contributed by atoms with Crippen molar-refractivity contribution in [2.75, 3.05) is 26.1 Å². The van der Waals surface area contributed by atoms with E-state index in [9.17, 15) is 14.4 Å². The van der Waals surface area contributed by atoms with Crippen molar-refractivity contribution in [2.24, 2.45) is 5.41 Å². The van der Waals surface area contributed by atoms with Gasteiger partial charge in [-0.1, -0.05) is 26.8 Å². The van der Waals surface area contributed by atoms with Crippen molar-refractivity contribution in [2.45, 2.75) is 41.2 Å².